The largest absolute Gasteiger partial charge is 0.383 e. The van der Waals surface area contributed by atoms with Gasteiger partial charge in [0.1, 0.15) is 10.6 Å². The fourth-order valence-electron chi connectivity index (χ4n) is 4.01. The van der Waals surface area contributed by atoms with Crippen LogP contribution in [0.15, 0.2) is 5.16 Å². The van der Waals surface area contributed by atoms with Crippen LogP contribution in [0.5, 0.6) is 0 Å². The van der Waals surface area contributed by atoms with E-state index in [9.17, 15) is 4.79 Å². The smallest absolute Gasteiger partial charge is 0.233 e. The van der Waals surface area contributed by atoms with Crippen LogP contribution in [-0.2, 0) is 22.4 Å². The number of aromatic nitrogens is 2. The molecular formula is C19H26N4O2S2. The number of rotatable bonds is 3. The molecule has 3 atom stereocenters. The summed E-state index contributed by atoms with van der Waals surface area (Å²) in [6, 6.07) is 0. The minimum absolute atomic E-state index is 0.0748. The van der Waals surface area contributed by atoms with Gasteiger partial charge >= 0.3 is 0 Å². The average molecular weight is 407 g/mol. The average Bonchev–Trinajstić information content (AvgIpc) is 2.96. The van der Waals surface area contributed by atoms with Crippen molar-refractivity contribution in [2.24, 2.45) is 5.92 Å². The number of anilines is 1. The predicted molar refractivity (Wildman–Crippen MR) is 110 cm³/mol. The molecule has 1 amide bonds. The molecule has 1 aliphatic carbocycles. The van der Waals surface area contributed by atoms with Gasteiger partial charge in [-0.15, -0.1) is 11.3 Å². The lowest BCUT2D eigenvalue weighted by Crippen LogP contribution is -2.48. The van der Waals surface area contributed by atoms with E-state index < -0.39 is 0 Å². The Balaban J connectivity index is 1.49. The maximum atomic E-state index is 12.6. The Morgan fingerprint density at radius 2 is 2.04 bits per heavy atom. The van der Waals surface area contributed by atoms with Crippen LogP contribution >= 0.6 is 23.1 Å². The number of morpholine rings is 1. The summed E-state index contributed by atoms with van der Waals surface area (Å²) >= 11 is 3.11. The first-order valence-corrected chi connectivity index (χ1v) is 11.3. The molecule has 0 aromatic carbocycles. The van der Waals surface area contributed by atoms with Gasteiger partial charge in [-0.3, -0.25) is 4.79 Å². The molecule has 8 heteroatoms. The molecule has 2 aliphatic rings. The Morgan fingerprint density at radius 3 is 2.78 bits per heavy atom. The van der Waals surface area contributed by atoms with Gasteiger partial charge in [-0.2, -0.15) is 0 Å². The Bertz CT molecular complexity index is 859. The topological polar surface area (TPSA) is 81.3 Å². The summed E-state index contributed by atoms with van der Waals surface area (Å²) in [6.07, 6.45) is 3.50. The first kappa shape index (κ1) is 19.0. The lowest BCUT2D eigenvalue weighted by atomic mass is 9.89. The third-order valence-corrected chi connectivity index (χ3v) is 7.24. The summed E-state index contributed by atoms with van der Waals surface area (Å²) in [5.74, 6) is 1.69. The fourth-order valence-corrected chi connectivity index (χ4v) is 6.22. The van der Waals surface area contributed by atoms with Crippen molar-refractivity contribution < 1.29 is 9.53 Å². The number of thiophene rings is 1. The molecule has 1 saturated heterocycles. The zero-order valence-electron chi connectivity index (χ0n) is 16.0. The van der Waals surface area contributed by atoms with Crippen molar-refractivity contribution in [1.82, 2.24) is 14.9 Å². The lowest BCUT2D eigenvalue weighted by Gasteiger charge is -2.35. The van der Waals surface area contributed by atoms with Gasteiger partial charge in [0.15, 0.2) is 5.16 Å². The highest BCUT2D eigenvalue weighted by atomic mass is 32.2. The molecule has 2 aromatic rings. The molecule has 1 fully saturated rings. The molecule has 1 aliphatic heterocycles. The van der Waals surface area contributed by atoms with Crippen LogP contribution < -0.4 is 5.73 Å². The molecule has 0 radical (unpaired) electrons. The van der Waals surface area contributed by atoms with E-state index in [1.165, 1.54) is 28.6 Å². The number of nitrogens with zero attached hydrogens (tertiary/aromatic N) is 3. The second-order valence-electron chi connectivity index (χ2n) is 7.77. The number of nitrogens with two attached hydrogens (primary N) is 1. The van der Waals surface area contributed by atoms with Crippen LogP contribution in [0, 0.1) is 5.92 Å². The molecule has 4 rings (SSSR count). The second-order valence-corrected chi connectivity index (χ2v) is 9.79. The number of fused-ring (bicyclic) bond motifs is 3. The molecule has 2 aromatic heterocycles. The second kappa shape index (κ2) is 7.56. The third kappa shape index (κ3) is 3.93. The SMILES string of the molecule is C[C@H]1CCc2c(sc3nc(SCC(=O)N4C[C@@H](C)O[C@@H](C)C4)nc(N)c23)C1. The highest BCUT2D eigenvalue weighted by Gasteiger charge is 2.27. The van der Waals surface area contributed by atoms with Gasteiger partial charge in [-0.05, 0) is 44.6 Å². The highest BCUT2D eigenvalue weighted by molar-refractivity contribution is 7.99. The fraction of sp³-hybridized carbons (Fsp3) is 0.632. The van der Waals surface area contributed by atoms with Crippen LogP contribution in [-0.4, -0.2) is 51.8 Å². The van der Waals surface area contributed by atoms with Gasteiger partial charge in [0.05, 0.1) is 23.3 Å². The third-order valence-electron chi connectivity index (χ3n) is 5.26. The molecule has 0 spiro atoms. The van der Waals surface area contributed by atoms with Gasteiger partial charge in [0.2, 0.25) is 5.91 Å². The summed E-state index contributed by atoms with van der Waals surface area (Å²) in [5, 5.41) is 1.63. The van der Waals surface area contributed by atoms with Crippen LogP contribution in [0.4, 0.5) is 5.82 Å². The molecular weight excluding hydrogens is 380 g/mol. The zero-order valence-corrected chi connectivity index (χ0v) is 17.7. The van der Waals surface area contributed by atoms with E-state index in [1.54, 1.807) is 11.3 Å². The van der Waals surface area contributed by atoms with Crippen molar-refractivity contribution in [2.45, 2.75) is 57.4 Å². The summed E-state index contributed by atoms with van der Waals surface area (Å²) in [5.41, 5.74) is 7.62. The first-order valence-electron chi connectivity index (χ1n) is 9.54. The predicted octanol–water partition coefficient (Wildman–Crippen LogP) is 3.13. The van der Waals surface area contributed by atoms with Gasteiger partial charge in [0, 0.05) is 18.0 Å². The van der Waals surface area contributed by atoms with Crippen LogP contribution in [0.3, 0.4) is 0 Å². The summed E-state index contributed by atoms with van der Waals surface area (Å²) in [4.78, 5) is 26.0. The maximum Gasteiger partial charge on any atom is 0.233 e. The molecule has 0 unspecified atom stereocenters. The van der Waals surface area contributed by atoms with E-state index in [4.69, 9.17) is 15.5 Å². The van der Waals surface area contributed by atoms with Crippen molar-refractivity contribution in [3.05, 3.63) is 10.4 Å². The monoisotopic (exact) mass is 406 g/mol. The van der Waals surface area contributed by atoms with Gasteiger partial charge in [0.25, 0.3) is 0 Å². The maximum absolute atomic E-state index is 12.6. The molecule has 3 heterocycles. The highest BCUT2D eigenvalue weighted by Crippen LogP contribution is 2.39. The Hall–Kier alpha value is -1.38. The van der Waals surface area contributed by atoms with E-state index in [0.717, 1.165) is 23.1 Å². The standard InChI is InChI=1S/C19H26N4O2S2/c1-10-4-5-13-14(6-10)27-18-16(13)17(20)21-19(22-18)26-9-15(24)23-7-11(2)25-12(3)8-23/h10-12H,4-9H2,1-3H3,(H2,20,21,22)/t10-,11-,12+/m0/s1. The number of hydrogen-bond donors (Lipinski definition) is 1. The van der Waals surface area contributed by atoms with Gasteiger partial charge in [-0.1, -0.05) is 18.7 Å². The van der Waals surface area contributed by atoms with Crippen LogP contribution in [0.25, 0.3) is 10.2 Å². The quantitative estimate of drug-likeness (QED) is 0.623. The summed E-state index contributed by atoms with van der Waals surface area (Å²) in [6.45, 7) is 7.58. The van der Waals surface area contributed by atoms with Crippen molar-refractivity contribution in [1.29, 1.82) is 0 Å². The van der Waals surface area contributed by atoms with Crippen molar-refractivity contribution in [3.8, 4) is 0 Å². The van der Waals surface area contributed by atoms with Gasteiger partial charge < -0.3 is 15.4 Å². The number of carbonyl (C=O) groups is 1. The van der Waals surface area contributed by atoms with Crippen molar-refractivity contribution in [2.75, 3.05) is 24.6 Å². The van der Waals surface area contributed by atoms with Crippen molar-refractivity contribution in [3.63, 3.8) is 0 Å². The van der Waals surface area contributed by atoms with E-state index in [-0.39, 0.29) is 18.1 Å². The number of carbonyl (C=O) groups excluding carboxylic acids is 1. The normalized spacial score (nSPS) is 25.6. The molecule has 146 valence electrons. The molecule has 6 nitrogen and oxygen atoms in total. The minimum Gasteiger partial charge on any atom is -0.383 e. The number of aryl methyl sites for hydroxylation is 1. The van der Waals surface area contributed by atoms with Crippen LogP contribution in [0.1, 0.15) is 37.6 Å². The van der Waals surface area contributed by atoms with E-state index in [0.29, 0.717) is 35.7 Å². The zero-order chi connectivity index (χ0) is 19.1. The Kier molecular flexibility index (Phi) is 5.31. The molecule has 0 saturated carbocycles. The summed E-state index contributed by atoms with van der Waals surface area (Å²) in [7, 11) is 0. The molecule has 2 N–H and O–H groups in total. The number of nitrogen functional groups attached to an aromatic ring is 1. The lowest BCUT2D eigenvalue weighted by molar-refractivity contribution is -0.140. The number of amides is 1. The van der Waals surface area contributed by atoms with E-state index in [1.807, 2.05) is 18.7 Å². The minimum atomic E-state index is 0.0748. The molecule has 27 heavy (non-hydrogen) atoms. The molecule has 0 bridgehead atoms. The number of thioether (sulfide) groups is 1. The number of ether oxygens (including phenoxy) is 1. The van der Waals surface area contributed by atoms with E-state index in [2.05, 4.69) is 11.9 Å². The Morgan fingerprint density at radius 1 is 1.30 bits per heavy atom. The first-order chi connectivity index (χ1) is 12.9. The number of hydrogen-bond acceptors (Lipinski definition) is 7. The van der Waals surface area contributed by atoms with Crippen LogP contribution in [0.2, 0.25) is 0 Å². The van der Waals surface area contributed by atoms with Gasteiger partial charge in [-0.25, -0.2) is 9.97 Å². The van der Waals surface area contributed by atoms with Crippen molar-refractivity contribution >= 4 is 45.0 Å². The van der Waals surface area contributed by atoms with E-state index >= 15 is 0 Å². The summed E-state index contributed by atoms with van der Waals surface area (Å²) < 4.78 is 5.70. The Labute approximate surface area is 167 Å².